The minimum absolute atomic E-state index is 0. The number of nitrogens with zero attached hydrogens (tertiary/aromatic N) is 2. The van der Waals surface area contributed by atoms with Crippen molar-refractivity contribution in [1.82, 2.24) is 10.2 Å². The Morgan fingerprint density at radius 3 is 2.40 bits per heavy atom. The van der Waals surface area contributed by atoms with Crippen molar-refractivity contribution >= 4 is 29.9 Å². The molecule has 1 aromatic carbocycles. The van der Waals surface area contributed by atoms with Crippen LogP contribution in [0.25, 0.3) is 0 Å². The molecule has 0 bridgehead atoms. The van der Waals surface area contributed by atoms with Crippen molar-refractivity contribution in [2.75, 3.05) is 19.6 Å². The van der Waals surface area contributed by atoms with E-state index >= 15 is 0 Å². The van der Waals surface area contributed by atoms with E-state index in [1.807, 2.05) is 0 Å². The fraction of sp³-hybridized carbons (Fsp3) is 0.650. The minimum Gasteiger partial charge on any atom is -0.370 e. The molecular weight excluding hydrogens is 423 g/mol. The van der Waals surface area contributed by atoms with Gasteiger partial charge < -0.3 is 11.1 Å². The third-order valence-corrected chi connectivity index (χ3v) is 5.44. The number of nitrogens with two attached hydrogens (primary N) is 1. The van der Waals surface area contributed by atoms with Gasteiger partial charge in [0, 0.05) is 6.04 Å². The fourth-order valence-corrected chi connectivity index (χ4v) is 3.96. The van der Waals surface area contributed by atoms with Gasteiger partial charge in [-0.3, -0.25) is 9.89 Å². The maximum absolute atomic E-state index is 6.17. The van der Waals surface area contributed by atoms with Crippen LogP contribution in [0.2, 0.25) is 0 Å². The van der Waals surface area contributed by atoms with Crippen molar-refractivity contribution < 1.29 is 0 Å². The van der Waals surface area contributed by atoms with Crippen LogP contribution in [0, 0.1) is 6.92 Å². The van der Waals surface area contributed by atoms with Gasteiger partial charge in [0.15, 0.2) is 5.96 Å². The molecule has 1 aliphatic carbocycles. The second-order valence-electron chi connectivity index (χ2n) is 7.37. The van der Waals surface area contributed by atoms with Gasteiger partial charge in [-0.15, -0.1) is 24.0 Å². The summed E-state index contributed by atoms with van der Waals surface area (Å²) < 4.78 is 0. The Labute approximate surface area is 169 Å². The molecule has 0 amide bonds. The van der Waals surface area contributed by atoms with Crippen molar-refractivity contribution in [2.24, 2.45) is 10.7 Å². The standard InChI is InChI=1S/C20H32N4.HI/c1-16-9-11-17(12-10-16)19(24-13-5-6-14-24)15-22-20(21)23-18-7-3-2-4-8-18;/h9-12,18-19H,2-8,13-15H2,1H3,(H3,21,22,23);1H. The first kappa shape index (κ1) is 20.5. The Kier molecular flexibility index (Phi) is 8.49. The average Bonchev–Trinajstić information content (AvgIpc) is 3.12. The van der Waals surface area contributed by atoms with Crippen molar-refractivity contribution in [3.63, 3.8) is 0 Å². The summed E-state index contributed by atoms with van der Waals surface area (Å²) in [5.74, 6) is 0.623. The quantitative estimate of drug-likeness (QED) is 0.400. The molecule has 3 rings (SSSR count). The van der Waals surface area contributed by atoms with E-state index in [1.165, 1.54) is 69.2 Å². The van der Waals surface area contributed by atoms with Gasteiger partial charge in [-0.2, -0.15) is 0 Å². The second kappa shape index (κ2) is 10.4. The number of halogens is 1. The molecule has 1 saturated carbocycles. The van der Waals surface area contributed by atoms with Gasteiger partial charge in [0.05, 0.1) is 12.6 Å². The van der Waals surface area contributed by atoms with Gasteiger partial charge in [-0.05, 0) is 51.3 Å². The molecule has 1 aliphatic heterocycles. The lowest BCUT2D eigenvalue weighted by Crippen LogP contribution is -2.41. The van der Waals surface area contributed by atoms with Gasteiger partial charge in [-0.25, -0.2) is 0 Å². The zero-order chi connectivity index (χ0) is 16.8. The summed E-state index contributed by atoms with van der Waals surface area (Å²) in [6.07, 6.45) is 9.02. The molecule has 25 heavy (non-hydrogen) atoms. The summed E-state index contributed by atoms with van der Waals surface area (Å²) in [7, 11) is 0. The second-order valence-corrected chi connectivity index (χ2v) is 7.37. The molecule has 0 spiro atoms. The topological polar surface area (TPSA) is 53.6 Å². The largest absolute Gasteiger partial charge is 0.370 e. The van der Waals surface area contributed by atoms with Crippen molar-refractivity contribution in [3.05, 3.63) is 35.4 Å². The molecule has 1 unspecified atom stereocenters. The number of aliphatic imine (C=N–C) groups is 1. The molecule has 1 aromatic rings. The highest BCUT2D eigenvalue weighted by Gasteiger charge is 2.23. The third-order valence-electron chi connectivity index (χ3n) is 5.44. The number of aryl methyl sites for hydroxylation is 1. The molecule has 1 saturated heterocycles. The van der Waals surface area contributed by atoms with Gasteiger partial charge in [0.2, 0.25) is 0 Å². The van der Waals surface area contributed by atoms with Gasteiger partial charge in [0.1, 0.15) is 0 Å². The zero-order valence-electron chi connectivity index (χ0n) is 15.4. The smallest absolute Gasteiger partial charge is 0.188 e. The summed E-state index contributed by atoms with van der Waals surface area (Å²) in [5, 5.41) is 3.43. The number of hydrogen-bond acceptors (Lipinski definition) is 2. The molecule has 140 valence electrons. The predicted molar refractivity (Wildman–Crippen MR) is 117 cm³/mol. The van der Waals surface area contributed by atoms with E-state index in [-0.39, 0.29) is 24.0 Å². The first-order chi connectivity index (χ1) is 11.7. The lowest BCUT2D eigenvalue weighted by atomic mass is 9.96. The highest BCUT2D eigenvalue weighted by atomic mass is 127. The van der Waals surface area contributed by atoms with Gasteiger partial charge in [-0.1, -0.05) is 49.1 Å². The van der Waals surface area contributed by atoms with Crippen LogP contribution in [0.15, 0.2) is 29.3 Å². The van der Waals surface area contributed by atoms with E-state index in [1.54, 1.807) is 0 Å². The molecular formula is C20H33IN4. The normalized spacial score (nSPS) is 20.9. The molecule has 3 N–H and O–H groups in total. The monoisotopic (exact) mass is 456 g/mol. The minimum atomic E-state index is 0. The first-order valence-electron chi connectivity index (χ1n) is 9.59. The Morgan fingerprint density at radius 1 is 1.12 bits per heavy atom. The van der Waals surface area contributed by atoms with Crippen LogP contribution in [-0.4, -0.2) is 36.5 Å². The van der Waals surface area contributed by atoms with Gasteiger partial charge >= 0.3 is 0 Å². The highest BCUT2D eigenvalue weighted by Crippen LogP contribution is 2.26. The molecule has 0 aromatic heterocycles. The molecule has 2 fully saturated rings. The van der Waals surface area contributed by atoms with Crippen molar-refractivity contribution in [3.8, 4) is 0 Å². The molecule has 5 heteroatoms. The van der Waals surface area contributed by atoms with Crippen LogP contribution >= 0.6 is 24.0 Å². The summed E-state index contributed by atoms with van der Waals surface area (Å²) in [4.78, 5) is 7.26. The lowest BCUT2D eigenvalue weighted by Gasteiger charge is -2.27. The Hall–Kier alpha value is -0.820. The summed E-state index contributed by atoms with van der Waals surface area (Å²) in [5.41, 5.74) is 8.84. The van der Waals surface area contributed by atoms with E-state index in [0.717, 1.165) is 6.54 Å². The third kappa shape index (κ3) is 6.13. The maximum Gasteiger partial charge on any atom is 0.188 e. The molecule has 2 aliphatic rings. The van der Waals surface area contributed by atoms with Gasteiger partial charge in [0.25, 0.3) is 0 Å². The van der Waals surface area contributed by atoms with E-state index < -0.39 is 0 Å². The predicted octanol–water partition coefficient (Wildman–Crippen LogP) is 3.99. The highest BCUT2D eigenvalue weighted by molar-refractivity contribution is 14.0. The summed E-state index contributed by atoms with van der Waals surface area (Å²) >= 11 is 0. The molecule has 1 atom stereocenters. The average molecular weight is 456 g/mol. The van der Waals surface area contributed by atoms with E-state index in [4.69, 9.17) is 10.7 Å². The molecule has 1 heterocycles. The zero-order valence-corrected chi connectivity index (χ0v) is 17.7. The molecule has 0 radical (unpaired) electrons. The first-order valence-corrected chi connectivity index (χ1v) is 9.59. The summed E-state index contributed by atoms with van der Waals surface area (Å²) in [6.45, 7) is 5.22. The van der Waals surface area contributed by atoms with Crippen LogP contribution in [0.1, 0.15) is 62.1 Å². The Bertz CT molecular complexity index is 531. The van der Waals surface area contributed by atoms with E-state index in [2.05, 4.69) is 41.4 Å². The number of likely N-dealkylation sites (tertiary alicyclic amines) is 1. The Morgan fingerprint density at radius 2 is 1.76 bits per heavy atom. The van der Waals surface area contributed by atoms with Crippen LogP contribution < -0.4 is 11.1 Å². The number of nitrogens with one attached hydrogen (secondary N) is 1. The van der Waals surface area contributed by atoms with E-state index in [9.17, 15) is 0 Å². The van der Waals surface area contributed by atoms with Crippen molar-refractivity contribution in [2.45, 2.75) is 64.0 Å². The van der Waals surface area contributed by atoms with Crippen LogP contribution in [0.5, 0.6) is 0 Å². The fourth-order valence-electron chi connectivity index (χ4n) is 3.96. The van der Waals surface area contributed by atoms with Crippen molar-refractivity contribution in [1.29, 1.82) is 0 Å². The molecule has 4 nitrogen and oxygen atoms in total. The lowest BCUT2D eigenvalue weighted by molar-refractivity contribution is 0.251. The SMILES string of the molecule is Cc1ccc(C(CN=C(N)NC2CCCCC2)N2CCCC2)cc1.I. The number of guanidine groups is 1. The Balaban J connectivity index is 0.00000225. The maximum atomic E-state index is 6.17. The number of benzene rings is 1. The summed E-state index contributed by atoms with van der Waals surface area (Å²) in [6, 6.07) is 9.77. The van der Waals surface area contributed by atoms with Crippen LogP contribution in [-0.2, 0) is 0 Å². The van der Waals surface area contributed by atoms with Crippen LogP contribution in [0.3, 0.4) is 0 Å². The van der Waals surface area contributed by atoms with Crippen LogP contribution in [0.4, 0.5) is 0 Å². The van der Waals surface area contributed by atoms with E-state index in [0.29, 0.717) is 18.0 Å². The number of hydrogen-bond donors (Lipinski definition) is 2. The number of rotatable bonds is 5.